The summed E-state index contributed by atoms with van der Waals surface area (Å²) in [7, 11) is -3.95. The maximum atomic E-state index is 13.8. The lowest BCUT2D eigenvalue weighted by Crippen LogP contribution is -2.42. The van der Waals surface area contributed by atoms with Gasteiger partial charge >= 0.3 is 0 Å². The fourth-order valence-electron chi connectivity index (χ4n) is 1.71. The van der Waals surface area contributed by atoms with Gasteiger partial charge in [0.2, 0.25) is 15.9 Å². The number of hydrogen-bond donors (Lipinski definition) is 1. The Kier molecular flexibility index (Phi) is 5.68. The van der Waals surface area contributed by atoms with E-state index in [1.54, 1.807) is 20.8 Å². The van der Waals surface area contributed by atoms with Crippen LogP contribution in [-0.2, 0) is 14.8 Å². The van der Waals surface area contributed by atoms with Crippen LogP contribution in [0.25, 0.3) is 0 Å². The highest BCUT2D eigenvalue weighted by atomic mass is 32.2. The summed E-state index contributed by atoms with van der Waals surface area (Å²) in [5.74, 6) is -5.09. The molecule has 0 spiro atoms. The van der Waals surface area contributed by atoms with Gasteiger partial charge in [-0.15, -0.1) is 0 Å². The van der Waals surface area contributed by atoms with E-state index in [9.17, 15) is 26.4 Å². The monoisotopic (exact) mass is 352 g/mol. The summed E-state index contributed by atoms with van der Waals surface area (Å²) < 4.78 is 64.2. The van der Waals surface area contributed by atoms with Gasteiger partial charge in [-0.1, -0.05) is 20.8 Å². The molecule has 0 heterocycles. The Hall–Kier alpha value is -1.77. The van der Waals surface area contributed by atoms with Crippen LogP contribution in [-0.4, -0.2) is 33.7 Å². The van der Waals surface area contributed by atoms with Crippen molar-refractivity contribution < 1.29 is 26.4 Å². The molecule has 1 aromatic rings. The van der Waals surface area contributed by atoms with Crippen molar-refractivity contribution >= 4 is 21.6 Å². The molecular weight excluding hydrogens is 333 g/mol. The molecule has 130 valence electrons. The summed E-state index contributed by atoms with van der Waals surface area (Å²) in [4.78, 5) is 11.7. The Balaban J connectivity index is 3.01. The molecule has 0 atom stereocenters. The van der Waals surface area contributed by atoms with E-state index in [0.717, 1.165) is 12.3 Å². The highest BCUT2D eigenvalue weighted by Crippen LogP contribution is 2.25. The molecule has 0 radical (unpaired) electrons. The number of nitrogens with zero attached hydrogens (tertiary/aromatic N) is 1. The normalized spacial score (nSPS) is 12.1. The smallest absolute Gasteiger partial charge is 0.232 e. The lowest BCUT2D eigenvalue weighted by Gasteiger charge is -2.24. The zero-order valence-electron chi connectivity index (χ0n) is 13.3. The zero-order chi connectivity index (χ0) is 18.0. The summed E-state index contributed by atoms with van der Waals surface area (Å²) in [6.45, 7) is 4.59. The highest BCUT2D eigenvalue weighted by Gasteiger charge is 2.25. The molecule has 0 bridgehead atoms. The van der Waals surface area contributed by atoms with Gasteiger partial charge in [-0.25, -0.2) is 21.6 Å². The molecule has 1 aromatic carbocycles. The van der Waals surface area contributed by atoms with Crippen LogP contribution >= 0.6 is 0 Å². The van der Waals surface area contributed by atoms with Gasteiger partial charge in [-0.05, 0) is 12.1 Å². The average molecular weight is 352 g/mol. The summed E-state index contributed by atoms with van der Waals surface area (Å²) in [5, 5.41) is 2.51. The van der Waals surface area contributed by atoms with Gasteiger partial charge in [-0.3, -0.25) is 9.10 Å². The van der Waals surface area contributed by atoms with E-state index in [1.165, 1.54) is 0 Å². The standard InChI is InChI=1S/C14H19F3N2O3S/c1-14(2,3)13(20)18-7-8-19(23(4,21)22)10-6-5-9(15)11(16)12(10)17/h5-6H,7-8H2,1-4H3,(H,18,20). The van der Waals surface area contributed by atoms with Crippen LogP contribution in [0.1, 0.15) is 20.8 Å². The van der Waals surface area contributed by atoms with Crippen molar-refractivity contribution in [3.05, 3.63) is 29.6 Å². The number of carbonyl (C=O) groups excluding carboxylic acids is 1. The number of halogens is 3. The largest absolute Gasteiger partial charge is 0.354 e. The van der Waals surface area contributed by atoms with Crippen LogP contribution in [0.3, 0.4) is 0 Å². The molecular formula is C14H19F3N2O3S. The number of anilines is 1. The van der Waals surface area contributed by atoms with Gasteiger partial charge in [0.25, 0.3) is 0 Å². The predicted molar refractivity (Wildman–Crippen MR) is 81.0 cm³/mol. The number of sulfonamides is 1. The number of rotatable bonds is 5. The quantitative estimate of drug-likeness (QED) is 0.825. The van der Waals surface area contributed by atoms with Crippen molar-refractivity contribution in [1.82, 2.24) is 5.32 Å². The first-order valence-corrected chi connectivity index (χ1v) is 8.60. The van der Waals surface area contributed by atoms with Gasteiger partial charge in [0.1, 0.15) is 0 Å². The van der Waals surface area contributed by atoms with Gasteiger partial charge in [0.15, 0.2) is 17.5 Å². The van der Waals surface area contributed by atoms with Crippen LogP contribution in [0.15, 0.2) is 12.1 Å². The average Bonchev–Trinajstić information content (AvgIpc) is 2.39. The SMILES string of the molecule is CC(C)(C)C(=O)NCCN(c1ccc(F)c(F)c1F)S(C)(=O)=O. The molecule has 0 aliphatic heterocycles. The second-order valence-corrected chi connectivity index (χ2v) is 7.94. The fraction of sp³-hybridized carbons (Fsp3) is 0.500. The van der Waals surface area contributed by atoms with Gasteiger partial charge in [0, 0.05) is 12.0 Å². The van der Waals surface area contributed by atoms with Crippen molar-refractivity contribution in [3.63, 3.8) is 0 Å². The fourth-order valence-corrected chi connectivity index (χ4v) is 2.63. The second-order valence-electron chi connectivity index (χ2n) is 6.04. The van der Waals surface area contributed by atoms with E-state index in [0.29, 0.717) is 10.4 Å². The Labute approximate surface area is 133 Å². The van der Waals surface area contributed by atoms with Crippen LogP contribution in [0.5, 0.6) is 0 Å². The summed E-state index contributed by atoms with van der Waals surface area (Å²) in [6, 6.07) is 1.47. The number of hydrogen-bond acceptors (Lipinski definition) is 3. The summed E-state index contributed by atoms with van der Waals surface area (Å²) >= 11 is 0. The Bertz CT molecular complexity index is 700. The molecule has 0 saturated heterocycles. The minimum absolute atomic E-state index is 0.110. The topological polar surface area (TPSA) is 66.5 Å². The van der Waals surface area contributed by atoms with Crippen LogP contribution in [0, 0.1) is 22.9 Å². The molecule has 1 rings (SSSR count). The highest BCUT2D eigenvalue weighted by molar-refractivity contribution is 7.92. The summed E-state index contributed by atoms with van der Waals surface area (Å²) in [6.07, 6.45) is 0.805. The molecule has 0 aliphatic carbocycles. The van der Waals surface area contributed by atoms with E-state index in [2.05, 4.69) is 5.32 Å². The molecule has 23 heavy (non-hydrogen) atoms. The van der Waals surface area contributed by atoms with E-state index in [-0.39, 0.29) is 19.0 Å². The molecule has 0 saturated carbocycles. The van der Waals surface area contributed by atoms with Crippen LogP contribution < -0.4 is 9.62 Å². The molecule has 1 N–H and O–H groups in total. The minimum Gasteiger partial charge on any atom is -0.354 e. The molecule has 9 heteroatoms. The molecule has 1 amide bonds. The Morgan fingerprint density at radius 2 is 1.74 bits per heavy atom. The third-order valence-corrected chi connectivity index (χ3v) is 4.15. The van der Waals surface area contributed by atoms with E-state index in [4.69, 9.17) is 0 Å². The van der Waals surface area contributed by atoms with Gasteiger partial charge < -0.3 is 5.32 Å². The van der Waals surface area contributed by atoms with Crippen molar-refractivity contribution in [1.29, 1.82) is 0 Å². The van der Waals surface area contributed by atoms with Crippen molar-refractivity contribution in [2.24, 2.45) is 5.41 Å². The second kappa shape index (κ2) is 6.77. The van der Waals surface area contributed by atoms with Gasteiger partial charge in [0.05, 0.1) is 18.5 Å². The number of nitrogens with one attached hydrogen (secondary N) is 1. The maximum absolute atomic E-state index is 13.8. The molecule has 0 unspecified atom stereocenters. The van der Waals surface area contributed by atoms with Crippen molar-refractivity contribution in [2.45, 2.75) is 20.8 Å². The van der Waals surface area contributed by atoms with E-state index >= 15 is 0 Å². The number of amides is 1. The molecule has 0 fully saturated rings. The van der Waals surface area contributed by atoms with E-state index in [1.807, 2.05) is 0 Å². The van der Waals surface area contributed by atoms with E-state index < -0.39 is 38.6 Å². The number of carbonyl (C=O) groups is 1. The van der Waals surface area contributed by atoms with Crippen molar-refractivity contribution in [2.75, 3.05) is 23.7 Å². The van der Waals surface area contributed by atoms with Crippen LogP contribution in [0.2, 0.25) is 0 Å². The Morgan fingerprint density at radius 1 is 1.17 bits per heavy atom. The summed E-state index contributed by atoms with van der Waals surface area (Å²) in [5.41, 5.74) is -1.29. The Morgan fingerprint density at radius 3 is 2.22 bits per heavy atom. The first-order valence-electron chi connectivity index (χ1n) is 6.75. The number of benzene rings is 1. The minimum atomic E-state index is -3.95. The van der Waals surface area contributed by atoms with Crippen LogP contribution in [0.4, 0.5) is 18.9 Å². The molecule has 0 aromatic heterocycles. The third kappa shape index (κ3) is 4.85. The third-order valence-electron chi connectivity index (χ3n) is 2.97. The first kappa shape index (κ1) is 19.3. The molecule has 5 nitrogen and oxygen atoms in total. The maximum Gasteiger partial charge on any atom is 0.232 e. The lowest BCUT2D eigenvalue weighted by atomic mass is 9.96. The zero-order valence-corrected chi connectivity index (χ0v) is 14.1. The first-order chi connectivity index (χ1) is 10.4. The van der Waals surface area contributed by atoms with Gasteiger partial charge in [-0.2, -0.15) is 0 Å². The molecule has 0 aliphatic rings. The lowest BCUT2D eigenvalue weighted by molar-refractivity contribution is -0.128. The predicted octanol–water partition coefficient (Wildman–Crippen LogP) is 2.03. The van der Waals surface area contributed by atoms with Crippen molar-refractivity contribution in [3.8, 4) is 0 Å².